The smallest absolute Gasteiger partial charge is 0.302 e. The molecule has 1 aromatic heterocycles. The molecule has 3 nitrogen and oxygen atoms in total. The van der Waals surface area contributed by atoms with E-state index in [4.69, 9.17) is 4.74 Å². The number of hydrogen-bond acceptors (Lipinski definition) is 2. The van der Waals surface area contributed by atoms with Crippen molar-refractivity contribution in [1.82, 2.24) is 4.57 Å². The highest BCUT2D eigenvalue weighted by Gasteiger charge is 1.99. The first-order valence-electron chi connectivity index (χ1n) is 4.94. The van der Waals surface area contributed by atoms with Gasteiger partial charge in [-0.05, 0) is 17.5 Å². The Kier molecular flexibility index (Phi) is 2.72. The summed E-state index contributed by atoms with van der Waals surface area (Å²) in [6.45, 7) is 2.55. The number of benzene rings is 1. The van der Waals surface area contributed by atoms with Crippen LogP contribution in [-0.2, 0) is 16.1 Å². The molecule has 0 saturated heterocycles. The number of nitrogens with zero attached hydrogens (tertiary/aromatic N) is 1. The minimum Gasteiger partial charge on any atom is -0.464 e. The molecular formula is C12H13NO2. The highest BCUT2D eigenvalue weighted by atomic mass is 16.5. The van der Waals surface area contributed by atoms with Crippen molar-refractivity contribution in [2.24, 2.45) is 0 Å². The molecule has 0 amide bonds. The average molecular weight is 203 g/mol. The Balaban J connectivity index is 2.11. The van der Waals surface area contributed by atoms with Crippen molar-refractivity contribution in [3.05, 3.63) is 36.5 Å². The van der Waals surface area contributed by atoms with Gasteiger partial charge in [0.05, 0.1) is 6.54 Å². The molecule has 3 heteroatoms. The maximum absolute atomic E-state index is 10.6. The first-order valence-corrected chi connectivity index (χ1v) is 4.94. The van der Waals surface area contributed by atoms with Gasteiger partial charge in [0.25, 0.3) is 0 Å². The van der Waals surface area contributed by atoms with Crippen LogP contribution < -0.4 is 0 Å². The molecule has 2 rings (SSSR count). The highest BCUT2D eigenvalue weighted by Crippen LogP contribution is 2.14. The summed E-state index contributed by atoms with van der Waals surface area (Å²) in [4.78, 5) is 10.6. The molecule has 1 heterocycles. The van der Waals surface area contributed by atoms with Crippen molar-refractivity contribution in [1.29, 1.82) is 0 Å². The van der Waals surface area contributed by atoms with Crippen molar-refractivity contribution in [2.45, 2.75) is 13.5 Å². The molecule has 0 aliphatic rings. The van der Waals surface area contributed by atoms with Crippen molar-refractivity contribution in [3.63, 3.8) is 0 Å². The quantitative estimate of drug-likeness (QED) is 0.716. The van der Waals surface area contributed by atoms with Crippen LogP contribution in [-0.4, -0.2) is 17.1 Å². The molecule has 0 atom stereocenters. The summed E-state index contributed by atoms with van der Waals surface area (Å²) in [7, 11) is 0. The fourth-order valence-electron chi connectivity index (χ4n) is 1.62. The molecule has 2 aromatic rings. The molecule has 15 heavy (non-hydrogen) atoms. The Hall–Kier alpha value is -1.77. The number of fused-ring (bicyclic) bond motifs is 1. The maximum Gasteiger partial charge on any atom is 0.302 e. The van der Waals surface area contributed by atoms with E-state index in [-0.39, 0.29) is 5.97 Å². The number of aromatic nitrogens is 1. The van der Waals surface area contributed by atoms with E-state index in [1.807, 2.05) is 18.3 Å². The Morgan fingerprint density at radius 2 is 2.13 bits per heavy atom. The minimum atomic E-state index is -0.230. The predicted octanol–water partition coefficient (Wildman–Crippen LogP) is 2.20. The summed E-state index contributed by atoms with van der Waals surface area (Å²) in [5.74, 6) is -0.230. The maximum atomic E-state index is 10.6. The lowest BCUT2D eigenvalue weighted by molar-refractivity contribution is -0.141. The number of carbonyl (C=O) groups excluding carboxylic acids is 1. The van der Waals surface area contributed by atoms with E-state index in [0.717, 1.165) is 0 Å². The minimum absolute atomic E-state index is 0.230. The van der Waals surface area contributed by atoms with Gasteiger partial charge >= 0.3 is 5.97 Å². The molecule has 0 saturated carbocycles. The molecule has 0 N–H and O–H groups in total. The van der Waals surface area contributed by atoms with Crippen LogP contribution in [0.15, 0.2) is 36.5 Å². The molecule has 78 valence electrons. The second kappa shape index (κ2) is 4.17. The van der Waals surface area contributed by atoms with Gasteiger partial charge in [-0.15, -0.1) is 0 Å². The van der Waals surface area contributed by atoms with Crippen LogP contribution in [0.4, 0.5) is 0 Å². The zero-order chi connectivity index (χ0) is 10.7. The van der Waals surface area contributed by atoms with E-state index in [1.54, 1.807) is 0 Å². The number of rotatable bonds is 3. The largest absolute Gasteiger partial charge is 0.464 e. The monoisotopic (exact) mass is 203 g/mol. The van der Waals surface area contributed by atoms with E-state index in [1.165, 1.54) is 17.8 Å². The van der Waals surface area contributed by atoms with E-state index in [2.05, 4.69) is 22.8 Å². The van der Waals surface area contributed by atoms with Crippen LogP contribution in [0.2, 0.25) is 0 Å². The van der Waals surface area contributed by atoms with E-state index in [0.29, 0.717) is 13.2 Å². The Morgan fingerprint density at radius 1 is 1.33 bits per heavy atom. The summed E-state index contributed by atoms with van der Waals surface area (Å²) in [5, 5.41) is 1.21. The average Bonchev–Trinajstić information content (AvgIpc) is 2.62. The van der Waals surface area contributed by atoms with E-state index >= 15 is 0 Å². The second-order valence-electron chi connectivity index (χ2n) is 3.41. The molecule has 0 aliphatic heterocycles. The molecular weight excluding hydrogens is 190 g/mol. The van der Waals surface area contributed by atoms with E-state index in [9.17, 15) is 4.79 Å². The van der Waals surface area contributed by atoms with Crippen molar-refractivity contribution in [3.8, 4) is 0 Å². The second-order valence-corrected chi connectivity index (χ2v) is 3.41. The molecule has 0 bridgehead atoms. The van der Waals surface area contributed by atoms with Gasteiger partial charge in [-0.25, -0.2) is 0 Å². The lowest BCUT2D eigenvalue weighted by atomic mass is 10.2. The first-order chi connectivity index (χ1) is 7.27. The summed E-state index contributed by atoms with van der Waals surface area (Å²) in [6, 6.07) is 10.2. The topological polar surface area (TPSA) is 31.2 Å². The summed E-state index contributed by atoms with van der Waals surface area (Å²) in [6.07, 6.45) is 2.01. The Morgan fingerprint density at radius 3 is 2.93 bits per heavy atom. The van der Waals surface area contributed by atoms with E-state index < -0.39 is 0 Å². The van der Waals surface area contributed by atoms with Crippen LogP contribution in [0, 0.1) is 0 Å². The van der Waals surface area contributed by atoms with Crippen molar-refractivity contribution < 1.29 is 9.53 Å². The number of hydrogen-bond donors (Lipinski definition) is 0. The predicted molar refractivity (Wildman–Crippen MR) is 58.6 cm³/mol. The molecule has 0 fully saturated rings. The number of ether oxygens (including phenoxy) is 1. The number of esters is 1. The van der Waals surface area contributed by atoms with Crippen LogP contribution in [0.3, 0.4) is 0 Å². The standard InChI is InChI=1S/C12H13NO2/c1-10(14)15-9-8-13-7-6-11-4-2-3-5-12(11)13/h2-7H,8-9H2,1H3. The zero-order valence-electron chi connectivity index (χ0n) is 8.64. The van der Waals surface area contributed by atoms with Gasteiger partial charge in [0.2, 0.25) is 0 Å². The SMILES string of the molecule is CC(=O)OCCn1ccc2ccccc21. The highest BCUT2D eigenvalue weighted by molar-refractivity contribution is 5.79. The Labute approximate surface area is 88.3 Å². The normalized spacial score (nSPS) is 10.5. The van der Waals surface area contributed by atoms with Crippen molar-refractivity contribution in [2.75, 3.05) is 6.61 Å². The first kappa shape index (κ1) is 9.77. The van der Waals surface area contributed by atoms with Crippen LogP contribution in [0.25, 0.3) is 10.9 Å². The number of para-hydroxylation sites is 1. The molecule has 0 spiro atoms. The van der Waals surface area contributed by atoms with Gasteiger partial charge in [-0.3, -0.25) is 4.79 Å². The van der Waals surface area contributed by atoms with Crippen molar-refractivity contribution >= 4 is 16.9 Å². The molecule has 0 unspecified atom stereocenters. The number of carbonyl (C=O) groups is 1. The lowest BCUT2D eigenvalue weighted by Gasteiger charge is -2.05. The molecule has 0 aliphatic carbocycles. The third kappa shape index (κ3) is 2.18. The van der Waals surface area contributed by atoms with Gasteiger partial charge in [0.1, 0.15) is 6.61 Å². The lowest BCUT2D eigenvalue weighted by Crippen LogP contribution is -2.07. The Bertz CT molecular complexity index is 473. The van der Waals surface area contributed by atoms with Crippen LogP contribution in [0.5, 0.6) is 0 Å². The molecule has 1 aromatic carbocycles. The summed E-state index contributed by atoms with van der Waals surface area (Å²) >= 11 is 0. The zero-order valence-corrected chi connectivity index (χ0v) is 8.64. The fraction of sp³-hybridized carbons (Fsp3) is 0.250. The third-order valence-electron chi connectivity index (χ3n) is 2.32. The van der Waals surface area contributed by atoms with Gasteiger partial charge in [-0.2, -0.15) is 0 Å². The van der Waals surface area contributed by atoms with Gasteiger partial charge in [0.15, 0.2) is 0 Å². The van der Waals surface area contributed by atoms with Crippen LogP contribution >= 0.6 is 0 Å². The fourth-order valence-corrected chi connectivity index (χ4v) is 1.62. The summed E-state index contributed by atoms with van der Waals surface area (Å²) in [5.41, 5.74) is 1.17. The van der Waals surface area contributed by atoms with Gasteiger partial charge in [0, 0.05) is 18.6 Å². The van der Waals surface area contributed by atoms with Crippen LogP contribution in [0.1, 0.15) is 6.92 Å². The third-order valence-corrected chi connectivity index (χ3v) is 2.32. The van der Waals surface area contributed by atoms with Gasteiger partial charge < -0.3 is 9.30 Å². The summed E-state index contributed by atoms with van der Waals surface area (Å²) < 4.78 is 6.99. The molecule has 0 radical (unpaired) electrons. The van der Waals surface area contributed by atoms with Gasteiger partial charge in [-0.1, -0.05) is 18.2 Å².